The van der Waals surface area contributed by atoms with Gasteiger partial charge >= 0.3 is 6.09 Å². The van der Waals surface area contributed by atoms with E-state index < -0.39 is 5.60 Å². The minimum atomic E-state index is -0.438. The highest BCUT2D eigenvalue weighted by atomic mass is 19.1. The second kappa shape index (κ2) is 14.5. The van der Waals surface area contributed by atoms with Crippen LogP contribution in [-0.4, -0.2) is 54.2 Å². The van der Waals surface area contributed by atoms with Crippen molar-refractivity contribution < 1.29 is 13.9 Å². The first-order valence-electron chi connectivity index (χ1n) is 14.1. The maximum Gasteiger partial charge on any atom is 0.410 e. The van der Waals surface area contributed by atoms with Gasteiger partial charge in [-0.2, -0.15) is 0 Å². The van der Waals surface area contributed by atoms with Crippen molar-refractivity contribution in [1.29, 1.82) is 0 Å². The maximum absolute atomic E-state index is 13.0. The van der Waals surface area contributed by atoms with Crippen LogP contribution in [0.2, 0.25) is 0 Å². The van der Waals surface area contributed by atoms with Crippen LogP contribution in [-0.2, 0) is 11.2 Å². The first-order valence-corrected chi connectivity index (χ1v) is 14.1. The molecule has 1 saturated carbocycles. The SMILES string of the molecule is CN(C(=O)OC(C)(C)C)C1CC[C@@H](CN2CCC(CCCc3ccc(F)cc3)CC2)C1.c1ccccc1. The topological polar surface area (TPSA) is 32.8 Å². The first kappa shape index (κ1) is 29.2. The van der Waals surface area contributed by atoms with Crippen LogP contribution in [0.3, 0.4) is 0 Å². The number of amides is 1. The van der Waals surface area contributed by atoms with Crippen LogP contribution in [0.5, 0.6) is 0 Å². The van der Waals surface area contributed by atoms with Crippen molar-refractivity contribution in [2.75, 3.05) is 26.7 Å². The molecule has 5 heteroatoms. The molecule has 2 aromatic carbocycles. The average Bonchev–Trinajstić information content (AvgIpc) is 3.34. The first-order chi connectivity index (χ1) is 17.7. The Morgan fingerprint density at radius 2 is 1.54 bits per heavy atom. The van der Waals surface area contributed by atoms with Crippen LogP contribution in [0, 0.1) is 17.7 Å². The molecule has 2 atom stereocenters. The van der Waals surface area contributed by atoms with Crippen molar-refractivity contribution >= 4 is 6.09 Å². The minimum absolute atomic E-state index is 0.152. The molecule has 4 nitrogen and oxygen atoms in total. The number of carbonyl (C=O) groups excluding carboxylic acids is 1. The highest BCUT2D eigenvalue weighted by Crippen LogP contribution is 2.32. The predicted molar refractivity (Wildman–Crippen MR) is 150 cm³/mol. The Morgan fingerprint density at radius 1 is 0.946 bits per heavy atom. The van der Waals surface area contributed by atoms with Crippen molar-refractivity contribution in [3.8, 4) is 0 Å². The lowest BCUT2D eigenvalue weighted by atomic mass is 9.90. The van der Waals surface area contributed by atoms with E-state index in [1.165, 1.54) is 57.3 Å². The van der Waals surface area contributed by atoms with E-state index >= 15 is 0 Å². The van der Waals surface area contributed by atoms with Crippen LogP contribution in [0.15, 0.2) is 60.7 Å². The highest BCUT2D eigenvalue weighted by molar-refractivity contribution is 5.68. The summed E-state index contributed by atoms with van der Waals surface area (Å²) in [5, 5.41) is 0. The second-order valence-electron chi connectivity index (χ2n) is 11.8. The maximum atomic E-state index is 13.0. The van der Waals surface area contributed by atoms with E-state index in [9.17, 15) is 9.18 Å². The largest absolute Gasteiger partial charge is 0.444 e. The van der Waals surface area contributed by atoms with Crippen molar-refractivity contribution in [2.45, 2.75) is 83.8 Å². The molecule has 204 valence electrons. The van der Waals surface area contributed by atoms with Gasteiger partial charge in [-0.3, -0.25) is 0 Å². The number of halogens is 1. The van der Waals surface area contributed by atoms with Gasteiger partial charge in [0.05, 0.1) is 0 Å². The molecule has 37 heavy (non-hydrogen) atoms. The molecular weight excluding hydrogens is 463 g/mol. The molecule has 0 aromatic heterocycles. The van der Waals surface area contributed by atoms with E-state index in [1.54, 1.807) is 12.1 Å². The van der Waals surface area contributed by atoms with Crippen LogP contribution in [0.25, 0.3) is 0 Å². The van der Waals surface area contributed by atoms with E-state index in [2.05, 4.69) is 4.90 Å². The summed E-state index contributed by atoms with van der Waals surface area (Å²) >= 11 is 0. The molecule has 2 fully saturated rings. The summed E-state index contributed by atoms with van der Waals surface area (Å²) < 4.78 is 18.5. The van der Waals surface area contributed by atoms with E-state index in [-0.39, 0.29) is 11.9 Å². The monoisotopic (exact) mass is 510 g/mol. The number of likely N-dealkylation sites (tertiary alicyclic amines) is 1. The summed E-state index contributed by atoms with van der Waals surface area (Å²) in [5.41, 5.74) is 0.804. The molecule has 1 amide bonds. The number of ether oxygens (including phenoxy) is 1. The molecule has 2 aromatic rings. The molecule has 1 aliphatic heterocycles. The molecule has 1 unspecified atom stereocenters. The normalized spacial score (nSPS) is 20.7. The number of carbonyl (C=O) groups is 1. The molecule has 0 spiro atoms. The molecule has 0 bridgehead atoms. The Morgan fingerprint density at radius 3 is 2.11 bits per heavy atom. The number of benzene rings is 2. The summed E-state index contributed by atoms with van der Waals surface area (Å²) in [6.07, 6.45) is 9.28. The van der Waals surface area contributed by atoms with Crippen LogP contribution in [0.1, 0.15) is 71.3 Å². The van der Waals surface area contributed by atoms with Gasteiger partial charge in [0.25, 0.3) is 0 Å². The van der Waals surface area contributed by atoms with E-state index in [4.69, 9.17) is 4.74 Å². The number of nitrogens with zero attached hydrogens (tertiary/aromatic N) is 2. The van der Waals surface area contributed by atoms with Crippen LogP contribution in [0.4, 0.5) is 9.18 Å². The van der Waals surface area contributed by atoms with Gasteiger partial charge in [-0.15, -0.1) is 0 Å². The summed E-state index contributed by atoms with van der Waals surface area (Å²) in [4.78, 5) is 16.8. The lowest BCUT2D eigenvalue weighted by molar-refractivity contribution is 0.0222. The summed E-state index contributed by atoms with van der Waals surface area (Å²) in [6, 6.07) is 19.3. The van der Waals surface area contributed by atoms with Crippen molar-refractivity contribution in [3.05, 3.63) is 72.0 Å². The molecular formula is C32H47FN2O2. The zero-order chi connectivity index (χ0) is 26.7. The zero-order valence-corrected chi connectivity index (χ0v) is 23.4. The number of hydrogen-bond donors (Lipinski definition) is 0. The quantitative estimate of drug-likeness (QED) is 0.385. The predicted octanol–water partition coefficient (Wildman–Crippen LogP) is 7.58. The molecule has 1 aliphatic carbocycles. The third-order valence-electron chi connectivity index (χ3n) is 7.62. The van der Waals surface area contributed by atoms with Crippen molar-refractivity contribution in [2.24, 2.45) is 11.8 Å². The Balaban J connectivity index is 0.000000555. The number of aryl methyl sites for hydroxylation is 1. The third kappa shape index (κ3) is 10.9. The van der Waals surface area contributed by atoms with E-state index in [0.717, 1.165) is 25.2 Å². The smallest absolute Gasteiger partial charge is 0.410 e. The molecule has 0 radical (unpaired) electrons. The fraction of sp³-hybridized carbons (Fsp3) is 0.594. The fourth-order valence-corrected chi connectivity index (χ4v) is 5.50. The van der Waals surface area contributed by atoms with Gasteiger partial charge in [-0.05, 0) is 108 Å². The summed E-state index contributed by atoms with van der Waals surface area (Å²) in [6.45, 7) is 9.32. The minimum Gasteiger partial charge on any atom is -0.444 e. The van der Waals surface area contributed by atoms with Crippen LogP contribution < -0.4 is 0 Å². The second-order valence-corrected chi connectivity index (χ2v) is 11.8. The van der Waals surface area contributed by atoms with Gasteiger partial charge in [0.2, 0.25) is 0 Å². The molecule has 1 saturated heterocycles. The third-order valence-corrected chi connectivity index (χ3v) is 7.62. The van der Waals surface area contributed by atoms with Crippen LogP contribution >= 0.6 is 0 Å². The zero-order valence-electron chi connectivity index (χ0n) is 23.4. The summed E-state index contributed by atoms with van der Waals surface area (Å²) in [7, 11) is 1.89. The average molecular weight is 511 g/mol. The summed E-state index contributed by atoms with van der Waals surface area (Å²) in [5.74, 6) is 1.36. The molecule has 0 N–H and O–H groups in total. The van der Waals surface area contributed by atoms with Gasteiger partial charge in [-0.25, -0.2) is 9.18 Å². The van der Waals surface area contributed by atoms with Gasteiger partial charge in [-0.1, -0.05) is 55.0 Å². The molecule has 1 heterocycles. The van der Waals surface area contributed by atoms with Gasteiger partial charge in [0.15, 0.2) is 0 Å². The van der Waals surface area contributed by atoms with Gasteiger partial charge < -0.3 is 14.5 Å². The molecule has 4 rings (SSSR count). The lowest BCUT2D eigenvalue weighted by Gasteiger charge is -2.34. The molecule has 2 aliphatic rings. The van der Waals surface area contributed by atoms with E-state index in [1.807, 2.05) is 81.2 Å². The van der Waals surface area contributed by atoms with E-state index in [0.29, 0.717) is 12.0 Å². The lowest BCUT2D eigenvalue weighted by Crippen LogP contribution is -2.40. The fourth-order valence-electron chi connectivity index (χ4n) is 5.50. The van der Waals surface area contributed by atoms with Gasteiger partial charge in [0, 0.05) is 19.6 Å². The van der Waals surface area contributed by atoms with Crippen molar-refractivity contribution in [3.63, 3.8) is 0 Å². The van der Waals surface area contributed by atoms with Crippen molar-refractivity contribution in [1.82, 2.24) is 9.80 Å². The highest BCUT2D eigenvalue weighted by Gasteiger charge is 2.33. The Hall–Kier alpha value is -2.40. The Bertz CT molecular complexity index is 878. The number of hydrogen-bond acceptors (Lipinski definition) is 3. The Labute approximate surface area is 224 Å². The van der Waals surface area contributed by atoms with Gasteiger partial charge in [0.1, 0.15) is 11.4 Å². The Kier molecular flexibility index (Phi) is 11.4. The number of rotatable bonds is 7. The standard InChI is InChI=1S/C26H41FN2O2.C6H6/c1-26(2,3)31-25(30)28(4)24-13-10-22(18-24)19-29-16-14-21(15-17-29)7-5-6-20-8-11-23(27)12-9-20;1-2-4-6-5-3-1/h8-9,11-12,21-22,24H,5-7,10,13-19H2,1-4H3;1-6H/t22-,24?;/m1./s1. The number of piperidine rings is 1.